The fraction of sp³-hybridized carbons (Fsp3) is 0.273. The zero-order valence-electron chi connectivity index (χ0n) is 23.5. The molecule has 1 aliphatic rings. The molecule has 0 aliphatic carbocycles. The second-order valence-electron chi connectivity index (χ2n) is 10.0. The van der Waals surface area contributed by atoms with Crippen molar-refractivity contribution in [3.63, 3.8) is 0 Å². The van der Waals surface area contributed by atoms with E-state index in [1.807, 2.05) is 38.1 Å². The molecule has 1 aliphatic heterocycles. The summed E-state index contributed by atoms with van der Waals surface area (Å²) in [5.74, 6) is 1.24. The van der Waals surface area contributed by atoms with E-state index in [0.717, 1.165) is 41.6 Å². The number of rotatable bonds is 10. The van der Waals surface area contributed by atoms with Crippen molar-refractivity contribution in [2.24, 2.45) is 0 Å². The molecule has 0 saturated carbocycles. The maximum atomic E-state index is 14.5. The predicted octanol–water partition coefficient (Wildman–Crippen LogP) is 7.54. The molecular weight excluding hydrogens is 557 g/mol. The molecule has 0 amide bonds. The molecule has 0 bridgehead atoms. The van der Waals surface area contributed by atoms with Crippen LogP contribution in [0.3, 0.4) is 0 Å². The molecule has 0 radical (unpaired) electrons. The van der Waals surface area contributed by atoms with E-state index in [1.165, 1.54) is 6.07 Å². The highest BCUT2D eigenvalue weighted by atomic mass is 35.5. The first-order chi connectivity index (χ1) is 20.5. The zero-order chi connectivity index (χ0) is 29.2. The molecule has 3 aromatic carbocycles. The van der Waals surface area contributed by atoms with Crippen LogP contribution < -0.4 is 14.2 Å². The van der Waals surface area contributed by atoms with E-state index < -0.39 is 5.82 Å². The summed E-state index contributed by atoms with van der Waals surface area (Å²) in [6, 6.07) is 19.1. The molecule has 6 rings (SSSR count). The summed E-state index contributed by atoms with van der Waals surface area (Å²) in [6.45, 7) is 5.47. The van der Waals surface area contributed by atoms with E-state index in [4.69, 9.17) is 30.9 Å². The highest BCUT2D eigenvalue weighted by Gasteiger charge is 2.31. The number of ketones is 1. The monoisotopic (exact) mass is 587 g/mol. The average molecular weight is 588 g/mol. The summed E-state index contributed by atoms with van der Waals surface area (Å²) in [6.07, 6.45) is 2.66. The van der Waals surface area contributed by atoms with Crippen molar-refractivity contribution >= 4 is 23.0 Å². The van der Waals surface area contributed by atoms with Gasteiger partial charge in [-0.2, -0.15) is 0 Å². The number of para-hydroxylation sites is 1. The molecule has 0 N–H and O–H groups in total. The molecule has 5 aromatic rings. The van der Waals surface area contributed by atoms with E-state index in [2.05, 4.69) is 4.57 Å². The zero-order valence-corrected chi connectivity index (χ0v) is 24.3. The Hall–Kier alpha value is -4.30. The van der Waals surface area contributed by atoms with Gasteiger partial charge in [-0.05, 0) is 81.1 Å². The first-order valence-electron chi connectivity index (χ1n) is 14.2. The Labute approximate surface area is 248 Å². The summed E-state index contributed by atoms with van der Waals surface area (Å²) < 4.78 is 35.6. The SMILES string of the molecule is CCOc1ccc(C(=O)c2c(-c3ccc(Cl)cc3)c3c4n(c(COc5ccccc5F)nn24)CCCC3)cc1OCC. The highest BCUT2D eigenvalue weighted by molar-refractivity contribution is 6.30. The van der Waals surface area contributed by atoms with Crippen molar-refractivity contribution in [3.05, 3.63) is 100 Å². The minimum absolute atomic E-state index is 0.0590. The van der Waals surface area contributed by atoms with Gasteiger partial charge in [0.1, 0.15) is 17.9 Å². The Morgan fingerprint density at radius 3 is 2.45 bits per heavy atom. The largest absolute Gasteiger partial charge is 0.490 e. The Morgan fingerprint density at radius 2 is 1.69 bits per heavy atom. The molecule has 0 saturated heterocycles. The third kappa shape index (κ3) is 5.11. The van der Waals surface area contributed by atoms with Gasteiger partial charge < -0.3 is 18.8 Å². The van der Waals surface area contributed by atoms with Crippen molar-refractivity contribution in [3.8, 4) is 28.4 Å². The normalized spacial score (nSPS) is 12.8. The van der Waals surface area contributed by atoms with Crippen molar-refractivity contribution < 1.29 is 23.4 Å². The van der Waals surface area contributed by atoms with Crippen molar-refractivity contribution in [2.75, 3.05) is 13.2 Å². The van der Waals surface area contributed by atoms with E-state index >= 15 is 0 Å². The standard InChI is InChI=1S/C33H31ClFN3O4/c1-3-40-27-17-14-22(19-28(27)41-4-2)32(39)31-30(21-12-15-23(34)16-13-21)24-9-7-8-18-37-29(36-38(31)33(24)37)20-42-26-11-6-5-10-25(26)35/h5-6,10-17,19H,3-4,7-9,18,20H2,1-2H3. The Bertz CT molecular complexity index is 1760. The first kappa shape index (κ1) is 27.8. The molecular formula is C33H31ClFN3O4. The van der Waals surface area contributed by atoms with E-state index in [-0.39, 0.29) is 18.1 Å². The van der Waals surface area contributed by atoms with Crippen LogP contribution in [0.5, 0.6) is 17.2 Å². The molecule has 0 spiro atoms. The maximum absolute atomic E-state index is 14.5. The summed E-state index contributed by atoms with van der Waals surface area (Å²) >= 11 is 6.24. The number of hydrogen-bond donors (Lipinski definition) is 0. The van der Waals surface area contributed by atoms with Gasteiger partial charge in [0.15, 0.2) is 28.9 Å². The molecule has 0 atom stereocenters. The number of aryl methyl sites for hydroxylation is 2. The van der Waals surface area contributed by atoms with E-state index in [1.54, 1.807) is 40.9 Å². The smallest absolute Gasteiger partial charge is 0.212 e. The number of carbonyl (C=O) groups is 1. The Morgan fingerprint density at radius 1 is 0.929 bits per heavy atom. The van der Waals surface area contributed by atoms with Crippen LogP contribution in [0.4, 0.5) is 4.39 Å². The van der Waals surface area contributed by atoms with Gasteiger partial charge in [0, 0.05) is 28.3 Å². The number of nitrogens with zero attached hydrogens (tertiary/aromatic N) is 3. The number of benzene rings is 3. The van der Waals surface area contributed by atoms with Crippen LogP contribution >= 0.6 is 11.6 Å². The molecule has 216 valence electrons. The van der Waals surface area contributed by atoms with E-state index in [9.17, 15) is 9.18 Å². The number of aromatic nitrogens is 3. The Kier molecular flexibility index (Phi) is 7.89. The minimum Gasteiger partial charge on any atom is -0.490 e. The second kappa shape index (κ2) is 11.9. The average Bonchev–Trinajstić information content (AvgIpc) is 3.39. The van der Waals surface area contributed by atoms with Crippen LogP contribution in [0.25, 0.3) is 16.8 Å². The lowest BCUT2D eigenvalue weighted by Gasteiger charge is -2.13. The van der Waals surface area contributed by atoms with Crippen LogP contribution in [-0.2, 0) is 19.6 Å². The van der Waals surface area contributed by atoms with Gasteiger partial charge in [-0.25, -0.2) is 8.91 Å². The lowest BCUT2D eigenvalue weighted by molar-refractivity contribution is 0.103. The lowest BCUT2D eigenvalue weighted by Crippen LogP contribution is -2.10. The van der Waals surface area contributed by atoms with E-state index in [0.29, 0.717) is 53.4 Å². The number of ether oxygens (including phenoxy) is 3. The van der Waals surface area contributed by atoms with Gasteiger partial charge in [0.05, 0.1) is 13.2 Å². The number of halogens is 2. The van der Waals surface area contributed by atoms with Gasteiger partial charge in [-0.1, -0.05) is 35.9 Å². The summed E-state index contributed by atoms with van der Waals surface area (Å²) in [5, 5.41) is 5.53. The van der Waals surface area contributed by atoms with Crippen molar-refractivity contribution in [1.82, 2.24) is 14.2 Å². The van der Waals surface area contributed by atoms with Gasteiger partial charge in [0.25, 0.3) is 0 Å². The maximum Gasteiger partial charge on any atom is 0.212 e. The molecule has 0 fully saturated rings. The molecule has 0 unspecified atom stereocenters. The third-order valence-electron chi connectivity index (χ3n) is 7.41. The molecule has 2 aromatic heterocycles. The van der Waals surface area contributed by atoms with Crippen LogP contribution in [0.15, 0.2) is 66.7 Å². The van der Waals surface area contributed by atoms with Crippen LogP contribution in [0.1, 0.15) is 54.1 Å². The minimum atomic E-state index is -0.436. The number of hydrogen-bond acceptors (Lipinski definition) is 5. The second-order valence-corrected chi connectivity index (χ2v) is 10.5. The molecule has 42 heavy (non-hydrogen) atoms. The fourth-order valence-electron chi connectivity index (χ4n) is 5.58. The quantitative estimate of drug-likeness (QED) is 0.158. The molecule has 3 heterocycles. The molecule has 9 heteroatoms. The van der Waals surface area contributed by atoms with Crippen LogP contribution in [0.2, 0.25) is 5.02 Å². The van der Waals surface area contributed by atoms with Gasteiger partial charge in [0.2, 0.25) is 5.78 Å². The summed E-state index contributed by atoms with van der Waals surface area (Å²) in [4.78, 5) is 14.5. The Balaban J connectivity index is 1.53. The van der Waals surface area contributed by atoms with Gasteiger partial charge in [-0.3, -0.25) is 4.79 Å². The number of carbonyl (C=O) groups excluding carboxylic acids is 1. The molecule has 7 nitrogen and oxygen atoms in total. The van der Waals surface area contributed by atoms with Crippen LogP contribution in [0, 0.1) is 5.82 Å². The third-order valence-corrected chi connectivity index (χ3v) is 7.66. The van der Waals surface area contributed by atoms with Crippen LogP contribution in [-0.4, -0.2) is 33.2 Å². The highest BCUT2D eigenvalue weighted by Crippen LogP contribution is 2.39. The fourth-order valence-corrected chi connectivity index (χ4v) is 5.71. The predicted molar refractivity (Wildman–Crippen MR) is 160 cm³/mol. The first-order valence-corrected chi connectivity index (χ1v) is 14.6. The van der Waals surface area contributed by atoms with Gasteiger partial charge >= 0.3 is 0 Å². The lowest BCUT2D eigenvalue weighted by atomic mass is 9.95. The van der Waals surface area contributed by atoms with Crippen molar-refractivity contribution in [1.29, 1.82) is 0 Å². The summed E-state index contributed by atoms with van der Waals surface area (Å²) in [7, 11) is 0. The summed E-state index contributed by atoms with van der Waals surface area (Å²) in [5.41, 5.74) is 4.52. The van der Waals surface area contributed by atoms with Crippen molar-refractivity contribution in [2.45, 2.75) is 46.3 Å². The topological polar surface area (TPSA) is 67.0 Å². The van der Waals surface area contributed by atoms with Gasteiger partial charge in [-0.15, -0.1) is 5.10 Å².